The van der Waals surface area contributed by atoms with Crippen molar-refractivity contribution < 1.29 is 8.78 Å². The molecule has 0 atom stereocenters. The van der Waals surface area contributed by atoms with Crippen LogP contribution < -0.4 is 5.32 Å². The Morgan fingerprint density at radius 2 is 2.00 bits per heavy atom. The number of benzene rings is 1. The molecule has 2 rings (SSSR count). The maximum atomic E-state index is 13.0. The number of nitrogens with zero attached hydrogens (tertiary/aromatic N) is 2. The van der Waals surface area contributed by atoms with E-state index in [1.807, 2.05) is 6.07 Å². The van der Waals surface area contributed by atoms with E-state index >= 15 is 0 Å². The normalized spacial score (nSPS) is 9.83. The van der Waals surface area contributed by atoms with Crippen LogP contribution in [-0.2, 0) is 6.54 Å². The molecule has 0 radical (unpaired) electrons. The molecule has 0 spiro atoms. The van der Waals surface area contributed by atoms with Gasteiger partial charge in [-0.25, -0.2) is 13.8 Å². The Kier molecular flexibility index (Phi) is 3.49. The molecule has 0 aliphatic rings. The van der Waals surface area contributed by atoms with Crippen molar-refractivity contribution in [2.75, 3.05) is 5.32 Å². The number of nitriles is 1. The largest absolute Gasteiger partial charge is 0.381 e. The summed E-state index contributed by atoms with van der Waals surface area (Å²) in [6, 6.07) is 8.90. The van der Waals surface area contributed by atoms with E-state index < -0.39 is 11.6 Å². The van der Waals surface area contributed by atoms with Gasteiger partial charge in [0, 0.05) is 24.5 Å². The molecule has 0 saturated heterocycles. The standard InChI is InChI=1S/C13H9F2N3/c14-12-2-1-10(6-13(12)15)18-8-9-3-4-17-11(5-9)7-16/h1-6,18H,8H2. The van der Waals surface area contributed by atoms with Crippen LogP contribution in [0.5, 0.6) is 0 Å². The van der Waals surface area contributed by atoms with Gasteiger partial charge in [-0.3, -0.25) is 0 Å². The van der Waals surface area contributed by atoms with Gasteiger partial charge in [-0.2, -0.15) is 5.26 Å². The quantitative estimate of drug-likeness (QED) is 0.904. The van der Waals surface area contributed by atoms with Crippen LogP contribution in [0.25, 0.3) is 0 Å². The SMILES string of the molecule is N#Cc1cc(CNc2ccc(F)c(F)c2)ccn1. The van der Waals surface area contributed by atoms with Crippen molar-refractivity contribution in [3.05, 3.63) is 59.4 Å². The summed E-state index contributed by atoms with van der Waals surface area (Å²) < 4.78 is 25.7. The van der Waals surface area contributed by atoms with E-state index in [9.17, 15) is 8.78 Å². The molecule has 0 aliphatic carbocycles. The van der Waals surface area contributed by atoms with Gasteiger partial charge in [-0.15, -0.1) is 0 Å². The van der Waals surface area contributed by atoms with Gasteiger partial charge in [0.1, 0.15) is 11.8 Å². The van der Waals surface area contributed by atoms with E-state index in [1.165, 1.54) is 12.3 Å². The molecule has 0 amide bonds. The van der Waals surface area contributed by atoms with Crippen LogP contribution in [0.15, 0.2) is 36.5 Å². The fourth-order valence-corrected chi connectivity index (χ4v) is 1.46. The van der Waals surface area contributed by atoms with Crippen LogP contribution in [0.3, 0.4) is 0 Å². The van der Waals surface area contributed by atoms with E-state index in [-0.39, 0.29) is 0 Å². The van der Waals surface area contributed by atoms with Gasteiger partial charge in [-0.05, 0) is 29.8 Å². The summed E-state index contributed by atoms with van der Waals surface area (Å²) in [6.45, 7) is 0.405. The predicted octanol–water partition coefficient (Wildman–Crippen LogP) is 2.84. The van der Waals surface area contributed by atoms with Gasteiger partial charge in [0.2, 0.25) is 0 Å². The number of nitrogens with one attached hydrogen (secondary N) is 1. The van der Waals surface area contributed by atoms with Crippen molar-refractivity contribution in [2.45, 2.75) is 6.54 Å². The molecule has 1 N–H and O–H groups in total. The van der Waals surface area contributed by atoms with Crippen molar-refractivity contribution in [2.24, 2.45) is 0 Å². The summed E-state index contributed by atoms with van der Waals surface area (Å²) in [5, 5.41) is 11.6. The monoisotopic (exact) mass is 245 g/mol. The van der Waals surface area contributed by atoms with Gasteiger partial charge < -0.3 is 5.32 Å². The van der Waals surface area contributed by atoms with Crippen LogP contribution in [-0.4, -0.2) is 4.98 Å². The van der Waals surface area contributed by atoms with Crippen molar-refractivity contribution in [1.82, 2.24) is 4.98 Å². The fraction of sp³-hybridized carbons (Fsp3) is 0.0769. The van der Waals surface area contributed by atoms with Crippen molar-refractivity contribution in [3.8, 4) is 6.07 Å². The van der Waals surface area contributed by atoms with E-state index in [2.05, 4.69) is 10.3 Å². The summed E-state index contributed by atoms with van der Waals surface area (Å²) in [6.07, 6.45) is 1.53. The highest BCUT2D eigenvalue weighted by molar-refractivity contribution is 5.44. The van der Waals surface area contributed by atoms with Crippen LogP contribution >= 0.6 is 0 Å². The second-order valence-corrected chi connectivity index (χ2v) is 3.64. The van der Waals surface area contributed by atoms with Crippen molar-refractivity contribution >= 4 is 5.69 Å². The summed E-state index contributed by atoms with van der Waals surface area (Å²) in [5.74, 6) is -1.77. The number of hydrogen-bond acceptors (Lipinski definition) is 3. The highest BCUT2D eigenvalue weighted by Gasteiger charge is 2.02. The molecule has 1 aromatic carbocycles. The maximum absolute atomic E-state index is 13.0. The number of anilines is 1. The fourth-order valence-electron chi connectivity index (χ4n) is 1.46. The summed E-state index contributed by atoms with van der Waals surface area (Å²) >= 11 is 0. The number of pyridine rings is 1. The first-order valence-corrected chi connectivity index (χ1v) is 5.23. The number of halogens is 2. The number of rotatable bonds is 3. The third-order valence-corrected chi connectivity index (χ3v) is 2.36. The minimum absolute atomic E-state index is 0.319. The Balaban J connectivity index is 2.07. The Bertz CT molecular complexity index is 605. The smallest absolute Gasteiger partial charge is 0.160 e. The van der Waals surface area contributed by atoms with E-state index in [1.54, 1.807) is 12.1 Å². The Labute approximate surface area is 103 Å². The molecule has 90 valence electrons. The van der Waals surface area contributed by atoms with Crippen LogP contribution in [0.4, 0.5) is 14.5 Å². The first-order valence-electron chi connectivity index (χ1n) is 5.23. The highest BCUT2D eigenvalue weighted by atomic mass is 19.2. The van der Waals surface area contributed by atoms with E-state index in [0.29, 0.717) is 17.9 Å². The van der Waals surface area contributed by atoms with Crippen molar-refractivity contribution in [3.63, 3.8) is 0 Å². The zero-order valence-corrected chi connectivity index (χ0v) is 9.32. The summed E-state index contributed by atoms with van der Waals surface area (Å²) in [5.41, 5.74) is 1.63. The average molecular weight is 245 g/mol. The van der Waals surface area contributed by atoms with Gasteiger partial charge >= 0.3 is 0 Å². The highest BCUT2D eigenvalue weighted by Crippen LogP contribution is 2.14. The molecule has 5 heteroatoms. The van der Waals surface area contributed by atoms with Crippen molar-refractivity contribution in [1.29, 1.82) is 5.26 Å². The Morgan fingerprint density at radius 3 is 2.72 bits per heavy atom. The molecule has 3 nitrogen and oxygen atoms in total. The number of aromatic nitrogens is 1. The van der Waals surface area contributed by atoms with E-state index in [4.69, 9.17) is 5.26 Å². The molecule has 1 aromatic heterocycles. The minimum Gasteiger partial charge on any atom is -0.381 e. The molecule has 0 bridgehead atoms. The molecule has 0 unspecified atom stereocenters. The lowest BCUT2D eigenvalue weighted by atomic mass is 10.2. The first-order chi connectivity index (χ1) is 8.69. The average Bonchev–Trinajstić information content (AvgIpc) is 2.40. The lowest BCUT2D eigenvalue weighted by Crippen LogP contribution is -2.01. The van der Waals surface area contributed by atoms with Gasteiger partial charge in [0.25, 0.3) is 0 Å². The van der Waals surface area contributed by atoms with Gasteiger partial charge in [0.05, 0.1) is 0 Å². The summed E-state index contributed by atoms with van der Waals surface area (Å²) in [7, 11) is 0. The molecular weight excluding hydrogens is 236 g/mol. The third-order valence-electron chi connectivity index (χ3n) is 2.36. The molecular formula is C13H9F2N3. The maximum Gasteiger partial charge on any atom is 0.160 e. The zero-order valence-electron chi connectivity index (χ0n) is 9.32. The van der Waals surface area contributed by atoms with Gasteiger partial charge in [0.15, 0.2) is 11.6 Å². The molecule has 0 aliphatic heterocycles. The van der Waals surface area contributed by atoms with Crippen LogP contribution in [0.1, 0.15) is 11.3 Å². The van der Waals surface area contributed by atoms with Crippen LogP contribution in [0.2, 0.25) is 0 Å². The topological polar surface area (TPSA) is 48.7 Å². The van der Waals surface area contributed by atoms with E-state index in [0.717, 1.165) is 17.7 Å². The predicted molar refractivity (Wildman–Crippen MR) is 62.6 cm³/mol. The molecule has 18 heavy (non-hydrogen) atoms. The third kappa shape index (κ3) is 2.80. The lowest BCUT2D eigenvalue weighted by Gasteiger charge is -2.06. The molecule has 1 heterocycles. The molecule has 0 fully saturated rings. The Morgan fingerprint density at radius 1 is 1.17 bits per heavy atom. The lowest BCUT2D eigenvalue weighted by molar-refractivity contribution is 0.509. The first kappa shape index (κ1) is 12.0. The minimum atomic E-state index is -0.896. The summed E-state index contributed by atoms with van der Waals surface area (Å²) in [4.78, 5) is 3.84. The zero-order chi connectivity index (χ0) is 13.0. The van der Waals surface area contributed by atoms with Crippen LogP contribution in [0, 0.1) is 23.0 Å². The van der Waals surface area contributed by atoms with Gasteiger partial charge in [-0.1, -0.05) is 0 Å². The Hall–Kier alpha value is -2.48. The molecule has 2 aromatic rings. The second kappa shape index (κ2) is 5.23. The second-order valence-electron chi connectivity index (χ2n) is 3.64. The number of hydrogen-bond donors (Lipinski definition) is 1. The molecule has 0 saturated carbocycles.